The van der Waals surface area contributed by atoms with Crippen LogP contribution in [0.1, 0.15) is 114 Å². The smallest absolute Gasteiger partial charge is 0.431 e. The van der Waals surface area contributed by atoms with Crippen LogP contribution >= 0.6 is 0 Å². The van der Waals surface area contributed by atoms with Crippen LogP contribution in [0, 0.1) is 5.41 Å². The number of unbranched alkanes of at least 4 members (excludes halogenated alkanes) is 1. The fourth-order valence-corrected chi connectivity index (χ4v) is 4.31. The number of nitrogens with two attached hydrogens (primary N) is 2. The van der Waals surface area contributed by atoms with E-state index in [1.165, 1.54) is 0 Å². The number of nitrogens with one attached hydrogen (secondary N) is 3. The van der Waals surface area contributed by atoms with Crippen molar-refractivity contribution in [1.29, 1.82) is 0 Å². The number of hydrogen-bond acceptors (Lipinski definition) is 12. The third-order valence-corrected chi connectivity index (χ3v) is 6.48. The number of hydrogen-bond donors (Lipinski definition) is 5. The molecular weight excluding hydrogens is 638 g/mol. The monoisotopic (exact) mass is 703 g/mol. The molecule has 49 heavy (non-hydrogen) atoms. The molecule has 0 aromatic heterocycles. The Morgan fingerprint density at radius 3 is 1.84 bits per heavy atom. The summed E-state index contributed by atoms with van der Waals surface area (Å²) in [7, 11) is 0. The summed E-state index contributed by atoms with van der Waals surface area (Å²) in [6, 6.07) is -2.38. The lowest BCUT2D eigenvalue weighted by molar-refractivity contribution is -0.155. The Labute approximate surface area is 292 Å². The third-order valence-electron chi connectivity index (χ3n) is 6.48. The van der Waals surface area contributed by atoms with Crippen LogP contribution in [0.2, 0.25) is 0 Å². The maximum Gasteiger partial charge on any atom is 0.431 e. The molecule has 3 amide bonds. The van der Waals surface area contributed by atoms with Crippen molar-refractivity contribution in [2.45, 2.75) is 143 Å². The summed E-state index contributed by atoms with van der Waals surface area (Å²) in [6.07, 6.45) is 2.01. The van der Waals surface area contributed by atoms with Crippen LogP contribution in [0.5, 0.6) is 0 Å². The van der Waals surface area contributed by atoms with Gasteiger partial charge < -0.3 is 41.0 Å². The van der Waals surface area contributed by atoms with E-state index in [9.17, 15) is 24.0 Å². The number of esters is 1. The minimum absolute atomic E-state index is 0.0292. The number of carbonyl (C=O) groups is 5. The Balaban J connectivity index is 4.68. The van der Waals surface area contributed by atoms with Crippen LogP contribution in [0.25, 0.3) is 0 Å². The van der Waals surface area contributed by atoms with Crippen LogP contribution in [0.15, 0.2) is 0 Å². The van der Waals surface area contributed by atoms with Gasteiger partial charge in [0.2, 0.25) is 11.8 Å². The minimum atomic E-state index is -0.992. The Hall–Kier alpha value is -2.85. The number of Topliss-reactive ketones (excluding diaryl/α,β-unsaturated/α-hetero) is 1. The molecule has 0 unspecified atom stereocenters. The number of hydroxylamine groups is 1. The van der Waals surface area contributed by atoms with Gasteiger partial charge in [-0.25, -0.2) is 4.79 Å². The summed E-state index contributed by atoms with van der Waals surface area (Å²) in [5, 5.41) is 5.60. The van der Waals surface area contributed by atoms with E-state index in [1.54, 1.807) is 41.5 Å². The van der Waals surface area contributed by atoms with Crippen molar-refractivity contribution in [1.82, 2.24) is 16.1 Å². The molecule has 0 saturated carbocycles. The van der Waals surface area contributed by atoms with Crippen molar-refractivity contribution in [2.24, 2.45) is 16.9 Å². The number of ketones is 1. The number of carbonyl (C=O) groups excluding carboxylic acids is 5. The van der Waals surface area contributed by atoms with Gasteiger partial charge in [0.05, 0.1) is 44.6 Å². The highest BCUT2D eigenvalue weighted by Crippen LogP contribution is 2.20. The van der Waals surface area contributed by atoms with E-state index in [1.807, 2.05) is 20.8 Å². The summed E-state index contributed by atoms with van der Waals surface area (Å²) in [6.45, 7) is 18.2. The van der Waals surface area contributed by atoms with Gasteiger partial charge in [-0.3, -0.25) is 24.0 Å². The van der Waals surface area contributed by atoms with E-state index in [2.05, 4.69) is 16.1 Å². The van der Waals surface area contributed by atoms with Crippen LogP contribution in [0.4, 0.5) is 4.79 Å². The lowest BCUT2D eigenvalue weighted by atomic mass is 9.88. The van der Waals surface area contributed by atoms with Crippen molar-refractivity contribution in [3.8, 4) is 0 Å². The molecule has 0 rings (SSSR count). The standard InChI is InChI=1S/C34H65N5O10/c1-32(2,3)23-25(36)29(42)37-17-11-10-13-26(38-30(43)24(35)15-16-28(41)48-33(4,5)6)27(40)14-12-18-45-19-20-46-21-22-47-39-31(44)49-34(7,8)9/h24-26H,10-23,35-36H2,1-9H3,(H,37,42)(H,38,43)(H,39,44)/t24-,25-,26-/m1/s1. The van der Waals surface area contributed by atoms with Gasteiger partial charge in [0.15, 0.2) is 5.78 Å². The molecule has 0 aliphatic carbocycles. The molecule has 7 N–H and O–H groups in total. The van der Waals surface area contributed by atoms with Gasteiger partial charge in [0, 0.05) is 26.0 Å². The highest BCUT2D eigenvalue weighted by Gasteiger charge is 2.25. The molecule has 0 heterocycles. The van der Waals surface area contributed by atoms with Gasteiger partial charge in [-0.2, -0.15) is 5.48 Å². The van der Waals surface area contributed by atoms with Crippen molar-refractivity contribution < 1.29 is 47.8 Å². The lowest BCUT2D eigenvalue weighted by Crippen LogP contribution is -2.48. The molecule has 0 fully saturated rings. The van der Waals surface area contributed by atoms with Crippen LogP contribution in [-0.2, 0) is 43.0 Å². The van der Waals surface area contributed by atoms with E-state index >= 15 is 0 Å². The maximum atomic E-state index is 13.1. The van der Waals surface area contributed by atoms with Crippen LogP contribution in [0.3, 0.4) is 0 Å². The summed E-state index contributed by atoms with van der Waals surface area (Å²) in [4.78, 5) is 66.9. The van der Waals surface area contributed by atoms with E-state index in [0.29, 0.717) is 58.5 Å². The number of amides is 3. The zero-order valence-corrected chi connectivity index (χ0v) is 31.4. The Morgan fingerprint density at radius 2 is 1.24 bits per heavy atom. The topological polar surface area (TPSA) is 220 Å². The molecule has 0 aromatic rings. The first-order valence-corrected chi connectivity index (χ1v) is 17.2. The molecule has 0 bridgehead atoms. The highest BCUT2D eigenvalue weighted by molar-refractivity contribution is 5.91. The zero-order chi connectivity index (χ0) is 37.7. The second-order valence-electron chi connectivity index (χ2n) is 15.2. The molecular formula is C34H65N5O10. The molecule has 286 valence electrons. The minimum Gasteiger partial charge on any atom is -0.460 e. The SMILES string of the molecule is CC(C)(C)C[C@@H](N)C(=O)NCCCC[C@@H](NC(=O)[C@H](N)CCC(=O)OC(C)(C)C)C(=O)CCCOCCOCCONC(=O)OC(C)(C)C. The highest BCUT2D eigenvalue weighted by atomic mass is 16.7. The largest absolute Gasteiger partial charge is 0.460 e. The fraction of sp³-hybridized carbons (Fsp3) is 0.853. The van der Waals surface area contributed by atoms with E-state index < -0.39 is 47.3 Å². The molecule has 0 aliphatic heterocycles. The first-order chi connectivity index (χ1) is 22.6. The van der Waals surface area contributed by atoms with Crippen molar-refractivity contribution >= 4 is 29.7 Å². The predicted octanol–water partition coefficient (Wildman–Crippen LogP) is 2.81. The number of rotatable bonds is 24. The summed E-state index contributed by atoms with van der Waals surface area (Å²) in [5.74, 6) is -1.37. The second kappa shape index (κ2) is 23.5. The van der Waals surface area contributed by atoms with Crippen LogP contribution in [-0.4, -0.2) is 98.6 Å². The van der Waals surface area contributed by atoms with Crippen molar-refractivity contribution in [2.75, 3.05) is 39.6 Å². The Morgan fingerprint density at radius 1 is 0.653 bits per heavy atom. The van der Waals surface area contributed by atoms with Gasteiger partial charge in [-0.05, 0) is 85.5 Å². The lowest BCUT2D eigenvalue weighted by Gasteiger charge is -2.23. The maximum absolute atomic E-state index is 13.1. The predicted molar refractivity (Wildman–Crippen MR) is 185 cm³/mol. The van der Waals surface area contributed by atoms with Gasteiger partial charge >= 0.3 is 12.1 Å². The number of ether oxygens (including phenoxy) is 4. The summed E-state index contributed by atoms with van der Waals surface area (Å²) < 4.78 is 21.3. The van der Waals surface area contributed by atoms with E-state index in [-0.39, 0.29) is 49.6 Å². The molecule has 0 saturated heterocycles. The zero-order valence-electron chi connectivity index (χ0n) is 31.4. The second-order valence-corrected chi connectivity index (χ2v) is 15.2. The van der Waals surface area contributed by atoms with Gasteiger partial charge in [0.1, 0.15) is 11.2 Å². The van der Waals surface area contributed by atoms with E-state index in [0.717, 1.165) is 0 Å². The average molecular weight is 704 g/mol. The van der Waals surface area contributed by atoms with Gasteiger partial charge in [-0.1, -0.05) is 20.8 Å². The Kier molecular flexibility index (Phi) is 22.2. The van der Waals surface area contributed by atoms with Crippen molar-refractivity contribution in [3.05, 3.63) is 0 Å². The first kappa shape index (κ1) is 46.1. The molecule has 15 nitrogen and oxygen atoms in total. The molecule has 0 aliphatic rings. The quantitative estimate of drug-likeness (QED) is 0.0557. The molecule has 15 heteroatoms. The van der Waals surface area contributed by atoms with E-state index in [4.69, 9.17) is 35.3 Å². The Bertz CT molecular complexity index is 1000. The molecule has 0 spiro atoms. The molecule has 3 atom stereocenters. The molecule has 0 radical (unpaired) electrons. The average Bonchev–Trinajstić information content (AvgIpc) is 2.94. The molecule has 0 aromatic carbocycles. The summed E-state index contributed by atoms with van der Waals surface area (Å²) >= 11 is 0. The van der Waals surface area contributed by atoms with Crippen LogP contribution < -0.4 is 27.6 Å². The van der Waals surface area contributed by atoms with Crippen molar-refractivity contribution in [3.63, 3.8) is 0 Å². The summed E-state index contributed by atoms with van der Waals surface area (Å²) in [5.41, 5.74) is 12.9. The normalized spacial score (nSPS) is 13.9. The van der Waals surface area contributed by atoms with Gasteiger partial charge in [0.25, 0.3) is 0 Å². The fourth-order valence-electron chi connectivity index (χ4n) is 4.31. The first-order valence-electron chi connectivity index (χ1n) is 17.2. The third kappa shape index (κ3) is 27.6. The van der Waals surface area contributed by atoms with Gasteiger partial charge in [-0.15, -0.1) is 0 Å².